The Bertz CT molecular complexity index is 483. The van der Waals surface area contributed by atoms with E-state index >= 15 is 0 Å². The third-order valence-corrected chi connectivity index (χ3v) is 3.24. The van der Waals surface area contributed by atoms with Gasteiger partial charge in [-0.05, 0) is 10.4 Å². The normalized spacial score (nSPS) is 9.63. The van der Waals surface area contributed by atoms with Crippen LogP contribution in [0.1, 0.15) is 12.8 Å². The van der Waals surface area contributed by atoms with Crippen LogP contribution in [0.15, 0.2) is 5.16 Å². The predicted molar refractivity (Wildman–Crippen MR) is 66.6 cm³/mol. The molecule has 19 heavy (non-hydrogen) atoms. The van der Waals surface area contributed by atoms with Gasteiger partial charge >= 0.3 is 0 Å². The highest BCUT2D eigenvalue weighted by Gasteiger charge is 2.14. The molecule has 0 saturated carbocycles. The number of thioether (sulfide) groups is 1. The molecule has 0 N–H and O–H groups in total. The lowest BCUT2D eigenvalue weighted by Gasteiger charge is -2.19. The fourth-order valence-electron chi connectivity index (χ4n) is 1.29. The van der Waals surface area contributed by atoms with E-state index in [9.17, 15) is 4.79 Å². The quantitative estimate of drug-likeness (QED) is 0.643. The molecule has 0 aliphatic carbocycles. The Morgan fingerprint density at radius 1 is 1.37 bits per heavy atom. The van der Waals surface area contributed by atoms with E-state index in [1.54, 1.807) is 7.05 Å². The highest BCUT2D eigenvalue weighted by molar-refractivity contribution is 7.99. The Balaban J connectivity index is 2.49. The van der Waals surface area contributed by atoms with Gasteiger partial charge in [0, 0.05) is 20.1 Å². The van der Waals surface area contributed by atoms with Crippen molar-refractivity contribution in [1.82, 2.24) is 25.1 Å². The number of hydrogen-bond acceptors (Lipinski definition) is 7. The Morgan fingerprint density at radius 3 is 2.47 bits per heavy atom. The summed E-state index contributed by atoms with van der Waals surface area (Å²) in [7, 11) is 1.69. The van der Waals surface area contributed by atoms with E-state index in [0.29, 0.717) is 18.2 Å². The van der Waals surface area contributed by atoms with Crippen molar-refractivity contribution < 1.29 is 4.79 Å². The van der Waals surface area contributed by atoms with Crippen LogP contribution in [0.4, 0.5) is 0 Å². The third kappa shape index (κ3) is 4.94. The van der Waals surface area contributed by atoms with Gasteiger partial charge in [-0.15, -0.1) is 5.10 Å². The fourth-order valence-corrected chi connectivity index (χ4v) is 2.04. The van der Waals surface area contributed by atoms with Crippen molar-refractivity contribution in [3.8, 4) is 12.1 Å². The van der Waals surface area contributed by atoms with Gasteiger partial charge < -0.3 is 4.90 Å². The summed E-state index contributed by atoms with van der Waals surface area (Å²) in [6, 6.07) is 3.98. The first-order valence-corrected chi connectivity index (χ1v) is 6.54. The topological polar surface area (TPSA) is 111 Å². The molecule has 0 unspecified atom stereocenters. The number of carbonyl (C=O) groups excluding carboxylic acids is 1. The van der Waals surface area contributed by atoms with Crippen LogP contribution in [0.3, 0.4) is 0 Å². The number of nitriles is 2. The van der Waals surface area contributed by atoms with Gasteiger partial charge in [-0.25, -0.2) is 4.68 Å². The Labute approximate surface area is 115 Å². The average molecular weight is 279 g/mol. The summed E-state index contributed by atoms with van der Waals surface area (Å²) in [5.41, 5.74) is 0. The van der Waals surface area contributed by atoms with Gasteiger partial charge in [0.1, 0.15) is 0 Å². The number of rotatable bonds is 7. The zero-order valence-corrected chi connectivity index (χ0v) is 11.3. The third-order valence-electron chi connectivity index (χ3n) is 2.25. The van der Waals surface area contributed by atoms with Crippen LogP contribution in [0.5, 0.6) is 0 Å². The van der Waals surface area contributed by atoms with E-state index in [-0.39, 0.29) is 24.5 Å². The SMILES string of the molecule is Cn1nnnc1SCC(=O)N(CCC#N)CCC#N. The van der Waals surface area contributed by atoms with Gasteiger partial charge in [0.25, 0.3) is 0 Å². The molecule has 1 aromatic rings. The highest BCUT2D eigenvalue weighted by Crippen LogP contribution is 2.13. The van der Waals surface area contributed by atoms with Crippen molar-refractivity contribution in [2.24, 2.45) is 7.05 Å². The Hall–Kier alpha value is -2.13. The van der Waals surface area contributed by atoms with Crippen LogP contribution in [0.25, 0.3) is 0 Å². The molecule has 1 aromatic heterocycles. The summed E-state index contributed by atoms with van der Waals surface area (Å²) in [4.78, 5) is 13.5. The standard InChI is InChI=1S/C10H13N7OS/c1-16-10(13-14-15-16)19-8-9(18)17(6-2-4-11)7-3-5-12/h2-3,6-8H2,1H3. The first kappa shape index (κ1) is 14.9. The van der Waals surface area contributed by atoms with Crippen LogP contribution in [-0.4, -0.2) is 49.9 Å². The van der Waals surface area contributed by atoms with E-state index in [1.165, 1.54) is 21.3 Å². The first-order valence-electron chi connectivity index (χ1n) is 5.56. The van der Waals surface area contributed by atoms with Crippen molar-refractivity contribution in [3.05, 3.63) is 0 Å². The molecule has 1 rings (SSSR count). The molecule has 0 fully saturated rings. The van der Waals surface area contributed by atoms with E-state index in [0.717, 1.165) is 0 Å². The number of aryl methyl sites for hydroxylation is 1. The van der Waals surface area contributed by atoms with Gasteiger partial charge in [-0.1, -0.05) is 11.8 Å². The van der Waals surface area contributed by atoms with E-state index < -0.39 is 0 Å². The zero-order chi connectivity index (χ0) is 14.1. The summed E-state index contributed by atoms with van der Waals surface area (Å²) in [6.45, 7) is 0.684. The maximum absolute atomic E-state index is 12.0. The smallest absolute Gasteiger partial charge is 0.233 e. The first-order chi connectivity index (χ1) is 9.19. The second-order valence-corrected chi connectivity index (χ2v) is 4.51. The molecular weight excluding hydrogens is 266 g/mol. The van der Waals surface area contributed by atoms with E-state index in [2.05, 4.69) is 15.5 Å². The summed E-state index contributed by atoms with van der Waals surface area (Å²) >= 11 is 1.23. The second kappa shape index (κ2) is 8.06. The van der Waals surface area contributed by atoms with Crippen molar-refractivity contribution >= 4 is 17.7 Å². The van der Waals surface area contributed by atoms with Crippen LogP contribution in [0, 0.1) is 22.7 Å². The van der Waals surface area contributed by atoms with Gasteiger partial charge in [0.2, 0.25) is 11.1 Å². The Morgan fingerprint density at radius 2 is 2.00 bits per heavy atom. The van der Waals surface area contributed by atoms with Gasteiger partial charge in [0.15, 0.2) is 0 Å². The second-order valence-electron chi connectivity index (χ2n) is 3.57. The molecule has 9 heteroatoms. The monoisotopic (exact) mass is 279 g/mol. The van der Waals surface area contributed by atoms with Crippen molar-refractivity contribution in [1.29, 1.82) is 10.5 Å². The minimum absolute atomic E-state index is 0.126. The van der Waals surface area contributed by atoms with Gasteiger partial charge in [-0.2, -0.15) is 10.5 Å². The molecular formula is C10H13N7OS. The summed E-state index contributed by atoms with van der Waals surface area (Å²) in [5.74, 6) is 0.0592. The van der Waals surface area contributed by atoms with Gasteiger partial charge in [-0.3, -0.25) is 4.79 Å². The molecule has 1 amide bonds. The lowest BCUT2D eigenvalue weighted by molar-refractivity contribution is -0.128. The predicted octanol–water partition coefficient (Wildman–Crippen LogP) is -0.0418. The lowest BCUT2D eigenvalue weighted by atomic mass is 10.3. The highest BCUT2D eigenvalue weighted by atomic mass is 32.2. The van der Waals surface area contributed by atoms with Crippen LogP contribution >= 0.6 is 11.8 Å². The van der Waals surface area contributed by atoms with Crippen LogP contribution in [-0.2, 0) is 11.8 Å². The molecule has 0 atom stereocenters. The Kier molecular flexibility index (Phi) is 6.33. The number of aromatic nitrogens is 4. The summed E-state index contributed by atoms with van der Waals surface area (Å²) in [6.07, 6.45) is 0.515. The number of tetrazole rings is 1. The largest absolute Gasteiger partial charge is 0.340 e. The van der Waals surface area contributed by atoms with Crippen molar-refractivity contribution in [2.75, 3.05) is 18.8 Å². The summed E-state index contributed by atoms with van der Waals surface area (Å²) in [5, 5.41) is 28.5. The number of amides is 1. The van der Waals surface area contributed by atoms with Crippen LogP contribution < -0.4 is 0 Å². The molecule has 0 aromatic carbocycles. The molecule has 0 aliphatic heterocycles. The average Bonchev–Trinajstić information content (AvgIpc) is 2.82. The van der Waals surface area contributed by atoms with Gasteiger partial charge in [0.05, 0.1) is 30.7 Å². The van der Waals surface area contributed by atoms with E-state index in [1.807, 2.05) is 12.1 Å². The fraction of sp³-hybridized carbons (Fsp3) is 0.600. The number of carbonyl (C=O) groups is 1. The van der Waals surface area contributed by atoms with Crippen molar-refractivity contribution in [3.63, 3.8) is 0 Å². The lowest BCUT2D eigenvalue weighted by Crippen LogP contribution is -2.34. The number of hydrogen-bond donors (Lipinski definition) is 0. The molecule has 100 valence electrons. The molecule has 0 bridgehead atoms. The maximum Gasteiger partial charge on any atom is 0.233 e. The summed E-state index contributed by atoms with van der Waals surface area (Å²) < 4.78 is 1.48. The van der Waals surface area contributed by atoms with Crippen LogP contribution in [0.2, 0.25) is 0 Å². The molecule has 0 aliphatic rings. The molecule has 0 radical (unpaired) electrons. The maximum atomic E-state index is 12.0. The minimum atomic E-state index is -0.126. The molecule has 0 saturated heterocycles. The van der Waals surface area contributed by atoms with Crippen molar-refractivity contribution in [2.45, 2.75) is 18.0 Å². The molecule has 1 heterocycles. The minimum Gasteiger partial charge on any atom is -0.340 e. The zero-order valence-electron chi connectivity index (χ0n) is 10.5. The number of nitrogens with zero attached hydrogens (tertiary/aromatic N) is 7. The van der Waals surface area contributed by atoms with E-state index in [4.69, 9.17) is 10.5 Å². The molecule has 8 nitrogen and oxygen atoms in total. The molecule has 0 spiro atoms.